The lowest BCUT2D eigenvalue weighted by Crippen LogP contribution is -1.99. The Morgan fingerprint density at radius 1 is 1.25 bits per heavy atom. The average Bonchev–Trinajstić information content (AvgIpc) is 3.09. The first-order valence-corrected chi connectivity index (χ1v) is 7.11. The molecule has 1 N–H and O–H groups in total. The van der Waals surface area contributed by atoms with E-state index in [2.05, 4.69) is 15.5 Å². The molecule has 1 aromatic heterocycles. The van der Waals surface area contributed by atoms with Crippen molar-refractivity contribution in [2.24, 2.45) is 0 Å². The van der Waals surface area contributed by atoms with Gasteiger partial charge in [-0.25, -0.2) is 0 Å². The maximum absolute atomic E-state index is 5.96. The Morgan fingerprint density at radius 2 is 2.15 bits per heavy atom. The van der Waals surface area contributed by atoms with E-state index in [1.807, 2.05) is 6.07 Å². The van der Waals surface area contributed by atoms with Crippen molar-refractivity contribution < 1.29 is 9.15 Å². The van der Waals surface area contributed by atoms with Crippen LogP contribution >= 0.6 is 23.2 Å². The zero-order valence-electron chi connectivity index (χ0n) is 10.6. The van der Waals surface area contributed by atoms with Crippen LogP contribution in [-0.2, 0) is 11.3 Å². The fourth-order valence-electron chi connectivity index (χ4n) is 2.04. The van der Waals surface area contributed by atoms with Crippen LogP contribution in [0.4, 0.5) is 6.01 Å². The van der Waals surface area contributed by atoms with Gasteiger partial charge in [0.15, 0.2) is 0 Å². The van der Waals surface area contributed by atoms with E-state index in [-0.39, 0.29) is 6.10 Å². The summed E-state index contributed by atoms with van der Waals surface area (Å²) in [5.41, 5.74) is 0.983. The highest BCUT2D eigenvalue weighted by atomic mass is 35.5. The molecule has 1 atom stereocenters. The van der Waals surface area contributed by atoms with Crippen LogP contribution in [0.5, 0.6) is 0 Å². The molecule has 3 rings (SSSR count). The molecule has 0 saturated carbocycles. The number of nitrogens with one attached hydrogen (secondary N) is 1. The number of benzene rings is 1. The topological polar surface area (TPSA) is 60.2 Å². The van der Waals surface area contributed by atoms with Crippen LogP contribution in [0.25, 0.3) is 0 Å². The van der Waals surface area contributed by atoms with Gasteiger partial charge in [-0.1, -0.05) is 34.4 Å². The minimum Gasteiger partial charge on any atom is -0.405 e. The molecule has 1 aliphatic heterocycles. The number of aromatic nitrogens is 2. The third-order valence-corrected chi connectivity index (χ3v) is 3.81. The molecule has 7 heteroatoms. The Labute approximate surface area is 126 Å². The van der Waals surface area contributed by atoms with E-state index in [9.17, 15) is 0 Å². The van der Waals surface area contributed by atoms with E-state index in [4.69, 9.17) is 32.4 Å². The Kier molecular flexibility index (Phi) is 4.10. The van der Waals surface area contributed by atoms with E-state index in [0.717, 1.165) is 25.0 Å². The number of halogens is 2. The lowest BCUT2D eigenvalue weighted by atomic mass is 10.2. The van der Waals surface area contributed by atoms with Gasteiger partial charge in [0.2, 0.25) is 5.89 Å². The number of anilines is 1. The second-order valence-corrected chi connectivity index (χ2v) is 5.36. The van der Waals surface area contributed by atoms with Crippen molar-refractivity contribution >= 4 is 29.2 Å². The Bertz CT molecular complexity index is 597. The number of hydrogen-bond donors (Lipinski definition) is 1. The van der Waals surface area contributed by atoms with Gasteiger partial charge in [-0.3, -0.25) is 0 Å². The highest BCUT2D eigenvalue weighted by Gasteiger charge is 2.23. The molecule has 0 radical (unpaired) electrons. The molecule has 0 unspecified atom stereocenters. The summed E-state index contributed by atoms with van der Waals surface area (Å²) < 4.78 is 11.0. The largest absolute Gasteiger partial charge is 0.405 e. The summed E-state index contributed by atoms with van der Waals surface area (Å²) in [6.45, 7) is 1.28. The molecule has 1 aromatic carbocycles. The molecule has 0 spiro atoms. The first-order valence-electron chi connectivity index (χ1n) is 6.35. The molecule has 20 heavy (non-hydrogen) atoms. The minimum absolute atomic E-state index is 0.0666. The van der Waals surface area contributed by atoms with Crippen LogP contribution in [0, 0.1) is 0 Å². The fraction of sp³-hybridized carbons (Fsp3) is 0.385. The van der Waals surface area contributed by atoms with Crippen molar-refractivity contribution in [2.75, 3.05) is 11.9 Å². The number of hydrogen-bond acceptors (Lipinski definition) is 5. The summed E-state index contributed by atoms with van der Waals surface area (Å²) in [7, 11) is 0. The lowest BCUT2D eigenvalue weighted by Gasteiger charge is -2.04. The monoisotopic (exact) mass is 313 g/mol. The van der Waals surface area contributed by atoms with Crippen LogP contribution in [-0.4, -0.2) is 16.8 Å². The van der Waals surface area contributed by atoms with E-state index in [0.29, 0.717) is 28.5 Å². The summed E-state index contributed by atoms with van der Waals surface area (Å²) in [5, 5.41) is 12.1. The molecule has 0 amide bonds. The molecule has 2 aromatic rings. The highest BCUT2D eigenvalue weighted by molar-refractivity contribution is 6.42. The molecular weight excluding hydrogens is 301 g/mol. The van der Waals surface area contributed by atoms with Gasteiger partial charge >= 0.3 is 6.01 Å². The van der Waals surface area contributed by atoms with Gasteiger partial charge in [0, 0.05) is 13.2 Å². The fourth-order valence-corrected chi connectivity index (χ4v) is 2.36. The van der Waals surface area contributed by atoms with Crippen molar-refractivity contribution in [1.82, 2.24) is 10.2 Å². The normalized spacial score (nSPS) is 18.4. The molecular formula is C13H13Cl2N3O2. The minimum atomic E-state index is -0.0666. The Balaban J connectivity index is 1.61. The molecule has 0 aliphatic carbocycles. The molecule has 106 valence electrons. The van der Waals surface area contributed by atoms with Gasteiger partial charge in [-0.05, 0) is 30.5 Å². The van der Waals surface area contributed by atoms with Crippen molar-refractivity contribution in [3.8, 4) is 0 Å². The van der Waals surface area contributed by atoms with E-state index in [1.165, 1.54) is 0 Å². The van der Waals surface area contributed by atoms with Crippen molar-refractivity contribution in [3.63, 3.8) is 0 Å². The predicted molar refractivity (Wildman–Crippen MR) is 76.0 cm³/mol. The molecule has 1 saturated heterocycles. The predicted octanol–water partition coefficient (Wildman–Crippen LogP) is 3.84. The SMILES string of the molecule is Clc1ccc(CNc2nnc([C@@H]3CCCO3)o2)cc1Cl. The summed E-state index contributed by atoms with van der Waals surface area (Å²) >= 11 is 11.8. The first-order chi connectivity index (χ1) is 9.72. The smallest absolute Gasteiger partial charge is 0.315 e. The molecule has 0 bridgehead atoms. The number of rotatable bonds is 4. The summed E-state index contributed by atoms with van der Waals surface area (Å²) in [6.07, 6.45) is 1.89. The molecule has 5 nitrogen and oxygen atoms in total. The maximum atomic E-state index is 5.96. The second-order valence-electron chi connectivity index (χ2n) is 4.55. The van der Waals surface area contributed by atoms with Crippen molar-refractivity contribution in [2.45, 2.75) is 25.5 Å². The molecule has 1 fully saturated rings. The van der Waals surface area contributed by atoms with Gasteiger partial charge in [-0.15, -0.1) is 5.10 Å². The second kappa shape index (κ2) is 5.99. The Hall–Kier alpha value is -1.30. The van der Waals surface area contributed by atoms with Gasteiger partial charge in [0.1, 0.15) is 6.10 Å². The van der Waals surface area contributed by atoms with Gasteiger partial charge in [0.25, 0.3) is 0 Å². The maximum Gasteiger partial charge on any atom is 0.315 e. The van der Waals surface area contributed by atoms with Crippen LogP contribution in [0.15, 0.2) is 22.6 Å². The third-order valence-electron chi connectivity index (χ3n) is 3.07. The van der Waals surface area contributed by atoms with Crippen LogP contribution in [0.1, 0.15) is 30.4 Å². The Morgan fingerprint density at radius 3 is 2.90 bits per heavy atom. The standard InChI is InChI=1S/C13H13Cl2N3O2/c14-9-4-3-8(6-10(9)15)7-16-13-18-17-12(20-13)11-2-1-5-19-11/h3-4,6,11H,1-2,5,7H2,(H,16,18)/t11-/m0/s1. The quantitative estimate of drug-likeness (QED) is 0.929. The van der Waals surface area contributed by atoms with Gasteiger partial charge in [-0.2, -0.15) is 0 Å². The average molecular weight is 314 g/mol. The summed E-state index contributed by atoms with van der Waals surface area (Å²) in [6, 6.07) is 5.82. The van der Waals surface area contributed by atoms with E-state index < -0.39 is 0 Å². The molecule has 2 heterocycles. The highest BCUT2D eigenvalue weighted by Crippen LogP contribution is 2.28. The zero-order chi connectivity index (χ0) is 13.9. The zero-order valence-corrected chi connectivity index (χ0v) is 12.1. The summed E-state index contributed by atoms with van der Waals surface area (Å²) in [4.78, 5) is 0. The van der Waals surface area contributed by atoms with Gasteiger partial charge < -0.3 is 14.5 Å². The van der Waals surface area contributed by atoms with Crippen molar-refractivity contribution in [1.29, 1.82) is 0 Å². The number of nitrogens with zero attached hydrogens (tertiary/aromatic N) is 2. The van der Waals surface area contributed by atoms with Gasteiger partial charge in [0.05, 0.1) is 10.0 Å². The summed E-state index contributed by atoms with van der Waals surface area (Å²) in [5.74, 6) is 0.527. The van der Waals surface area contributed by atoms with Crippen molar-refractivity contribution in [3.05, 3.63) is 39.7 Å². The number of ether oxygens (including phenoxy) is 1. The van der Waals surface area contributed by atoms with E-state index >= 15 is 0 Å². The molecule has 1 aliphatic rings. The lowest BCUT2D eigenvalue weighted by molar-refractivity contribution is 0.0897. The van der Waals surface area contributed by atoms with E-state index in [1.54, 1.807) is 12.1 Å². The van der Waals surface area contributed by atoms with Crippen LogP contribution in [0.3, 0.4) is 0 Å². The first kappa shape index (κ1) is 13.7. The van der Waals surface area contributed by atoms with Crippen LogP contribution in [0.2, 0.25) is 10.0 Å². The third kappa shape index (κ3) is 3.06. The van der Waals surface area contributed by atoms with Crippen LogP contribution < -0.4 is 5.32 Å².